The molecule has 1 fully saturated rings. The predicted octanol–water partition coefficient (Wildman–Crippen LogP) is 6.65. The van der Waals surface area contributed by atoms with Gasteiger partial charge in [0.15, 0.2) is 5.84 Å². The second-order valence-electron chi connectivity index (χ2n) is 13.3. The molecule has 0 unspecified atom stereocenters. The van der Waals surface area contributed by atoms with E-state index in [4.69, 9.17) is 15.2 Å². The lowest BCUT2D eigenvalue weighted by molar-refractivity contribution is 0.0487. The van der Waals surface area contributed by atoms with Crippen molar-refractivity contribution in [3.8, 4) is 11.5 Å². The minimum absolute atomic E-state index is 0.0870. The van der Waals surface area contributed by atoms with Gasteiger partial charge in [-0.25, -0.2) is 9.59 Å². The van der Waals surface area contributed by atoms with E-state index in [9.17, 15) is 24.7 Å². The van der Waals surface area contributed by atoms with E-state index in [0.29, 0.717) is 53.6 Å². The molecule has 0 bridgehead atoms. The zero-order valence-electron chi connectivity index (χ0n) is 28.7. The Bertz CT molecular complexity index is 1860. The number of hydrogen-bond acceptors (Lipinski definition) is 7. The monoisotopic (exact) mass is 684 g/mol. The number of aromatic nitrogens is 1. The largest absolute Gasteiger partial charge is 0.465 e. The molecular formula is C37H44N6O7. The van der Waals surface area contributed by atoms with E-state index >= 15 is 0 Å². The van der Waals surface area contributed by atoms with Crippen LogP contribution in [0.1, 0.15) is 75.0 Å². The van der Waals surface area contributed by atoms with Crippen molar-refractivity contribution in [3.05, 3.63) is 89.6 Å². The minimum atomic E-state index is -1.21. The number of alkyl carbamates (subject to hydrolysis) is 1. The molecule has 1 aromatic heterocycles. The van der Waals surface area contributed by atoms with Crippen molar-refractivity contribution < 1.29 is 34.2 Å². The van der Waals surface area contributed by atoms with Crippen molar-refractivity contribution in [2.75, 3.05) is 11.4 Å². The Morgan fingerprint density at radius 2 is 1.56 bits per heavy atom. The Hall–Kier alpha value is -5.72. The molecule has 0 spiro atoms. The zero-order chi connectivity index (χ0) is 36.0. The first-order chi connectivity index (χ1) is 23.9. The van der Waals surface area contributed by atoms with Gasteiger partial charge in [-0.15, -0.1) is 0 Å². The highest BCUT2D eigenvalue weighted by Crippen LogP contribution is 2.36. The van der Waals surface area contributed by atoms with Gasteiger partial charge >= 0.3 is 12.2 Å². The normalized spacial score (nSPS) is 16.4. The van der Waals surface area contributed by atoms with Gasteiger partial charge in [-0.05, 0) is 95.3 Å². The van der Waals surface area contributed by atoms with Gasteiger partial charge in [0.05, 0.1) is 11.2 Å². The first kappa shape index (κ1) is 35.6. The van der Waals surface area contributed by atoms with Crippen LogP contribution in [0.25, 0.3) is 10.9 Å². The highest BCUT2D eigenvalue weighted by atomic mass is 16.6. The highest BCUT2D eigenvalue weighted by Gasteiger charge is 2.32. The Morgan fingerprint density at radius 3 is 2.14 bits per heavy atom. The molecule has 0 radical (unpaired) electrons. The van der Waals surface area contributed by atoms with Crippen molar-refractivity contribution in [2.24, 2.45) is 10.9 Å². The number of fused-ring (bicyclic) bond motifs is 1. The van der Waals surface area contributed by atoms with Crippen LogP contribution in [0.3, 0.4) is 0 Å². The van der Waals surface area contributed by atoms with Crippen LogP contribution in [0.4, 0.5) is 15.3 Å². The summed E-state index contributed by atoms with van der Waals surface area (Å²) in [6.07, 6.45) is 0.799. The number of carbonyl (C=O) groups is 3. The van der Waals surface area contributed by atoms with E-state index in [2.05, 4.69) is 15.8 Å². The number of rotatable bonds is 10. The van der Waals surface area contributed by atoms with Gasteiger partial charge in [-0.2, -0.15) is 0 Å². The number of hydrogen-bond donors (Lipinski definition) is 5. The van der Waals surface area contributed by atoms with Crippen molar-refractivity contribution >= 4 is 40.5 Å². The molecule has 4 aromatic rings. The molecule has 1 aliphatic rings. The van der Waals surface area contributed by atoms with E-state index in [1.807, 2.05) is 75.4 Å². The van der Waals surface area contributed by atoms with Gasteiger partial charge in [0.1, 0.15) is 22.8 Å². The summed E-state index contributed by atoms with van der Waals surface area (Å²) in [5, 5.41) is 29.4. The van der Waals surface area contributed by atoms with Gasteiger partial charge < -0.3 is 40.7 Å². The first-order valence-corrected chi connectivity index (χ1v) is 16.6. The molecule has 1 aliphatic carbocycles. The maximum Gasteiger partial charge on any atom is 0.411 e. The summed E-state index contributed by atoms with van der Waals surface area (Å²) in [7, 11) is 0. The number of carbonyl (C=O) groups excluding carboxylic acids is 2. The number of anilines is 1. The van der Waals surface area contributed by atoms with Crippen molar-refractivity contribution in [1.82, 2.24) is 15.2 Å². The summed E-state index contributed by atoms with van der Waals surface area (Å²) < 4.78 is 13.1. The summed E-state index contributed by atoms with van der Waals surface area (Å²) in [5.74, 6) is 0.759. The summed E-state index contributed by atoms with van der Waals surface area (Å²) in [6.45, 7) is 7.41. The quantitative estimate of drug-likeness (QED) is 0.0533. The maximum absolute atomic E-state index is 14.4. The number of nitrogens with two attached hydrogens (primary N) is 1. The minimum Gasteiger partial charge on any atom is -0.465 e. The van der Waals surface area contributed by atoms with Crippen molar-refractivity contribution in [3.63, 3.8) is 0 Å². The second-order valence-corrected chi connectivity index (χ2v) is 13.3. The summed E-state index contributed by atoms with van der Waals surface area (Å²) >= 11 is 0. The molecule has 6 N–H and O–H groups in total. The zero-order valence-corrected chi connectivity index (χ0v) is 28.7. The lowest BCUT2D eigenvalue weighted by Crippen LogP contribution is -2.45. The van der Waals surface area contributed by atoms with Crippen LogP contribution in [-0.4, -0.2) is 63.0 Å². The number of amides is 3. The summed E-state index contributed by atoms with van der Waals surface area (Å²) in [5.41, 5.74) is 7.51. The number of amidine groups is 1. The van der Waals surface area contributed by atoms with E-state index in [-0.39, 0.29) is 42.4 Å². The van der Waals surface area contributed by atoms with Gasteiger partial charge in [0.25, 0.3) is 5.91 Å². The van der Waals surface area contributed by atoms with Crippen LogP contribution in [0.2, 0.25) is 0 Å². The van der Waals surface area contributed by atoms with E-state index in [0.717, 1.165) is 10.5 Å². The Labute approximate surface area is 290 Å². The average Bonchev–Trinajstić information content (AvgIpc) is 3.38. The predicted molar refractivity (Wildman–Crippen MR) is 190 cm³/mol. The molecule has 3 amide bonds. The number of oxime groups is 1. The van der Waals surface area contributed by atoms with Gasteiger partial charge in [0, 0.05) is 36.1 Å². The standard InChI is InChI=1S/C37H44N6O7/c1-5-42(36(46)47)31-29-20-13-24(33(38)41-48)21-30(29)43(22-23-11-18-28(19-12-23)49-27-9-7-6-8-10-27)32(31)34(44)39-25-14-16-26(17-15-25)40-35(45)50-37(2,3)4/h6-13,18-21,25-26,48H,5,14-17,22H2,1-4H3,(H2,38,41)(H,39,44)(H,40,45)(H,46,47). The SMILES string of the molecule is CCN(C(=O)O)c1c(C(=O)NC2CCC(NC(=O)OC(C)(C)C)CC2)n(Cc2ccc(Oc3ccccc3)cc2)c2cc(/C(N)=N/O)ccc12. The fourth-order valence-electron chi connectivity index (χ4n) is 6.18. The van der Waals surface area contributed by atoms with Crippen LogP contribution in [-0.2, 0) is 11.3 Å². The molecule has 13 nitrogen and oxygen atoms in total. The van der Waals surface area contributed by atoms with Gasteiger partial charge in [-0.3, -0.25) is 9.69 Å². The van der Waals surface area contributed by atoms with Crippen molar-refractivity contribution in [2.45, 2.75) is 77.6 Å². The molecule has 264 valence electrons. The number of ether oxygens (including phenoxy) is 2. The Morgan fingerprint density at radius 1 is 0.940 bits per heavy atom. The van der Waals surface area contributed by atoms with Crippen LogP contribution in [0.15, 0.2) is 78.0 Å². The van der Waals surface area contributed by atoms with Crippen LogP contribution < -0.4 is 26.0 Å². The fourth-order valence-corrected chi connectivity index (χ4v) is 6.18. The number of benzene rings is 3. The molecule has 1 heterocycles. The fraction of sp³-hybridized carbons (Fsp3) is 0.351. The molecule has 0 aliphatic heterocycles. The van der Waals surface area contributed by atoms with Gasteiger partial charge in [-0.1, -0.05) is 41.6 Å². The first-order valence-electron chi connectivity index (χ1n) is 16.6. The summed E-state index contributed by atoms with van der Waals surface area (Å²) in [6, 6.07) is 21.5. The molecule has 5 rings (SSSR count). The third-order valence-corrected chi connectivity index (χ3v) is 8.50. The van der Waals surface area contributed by atoms with E-state index in [1.165, 1.54) is 0 Å². The van der Waals surface area contributed by atoms with E-state index < -0.39 is 23.7 Å². The van der Waals surface area contributed by atoms with Gasteiger partial charge in [0.2, 0.25) is 0 Å². The number of para-hydroxylation sites is 1. The second kappa shape index (κ2) is 15.2. The molecule has 1 saturated carbocycles. The van der Waals surface area contributed by atoms with Crippen LogP contribution >= 0.6 is 0 Å². The van der Waals surface area contributed by atoms with E-state index in [1.54, 1.807) is 29.7 Å². The third-order valence-electron chi connectivity index (χ3n) is 8.50. The average molecular weight is 685 g/mol. The third kappa shape index (κ3) is 8.46. The topological polar surface area (TPSA) is 181 Å². The molecule has 13 heteroatoms. The Kier molecular flexibility index (Phi) is 10.8. The summed E-state index contributed by atoms with van der Waals surface area (Å²) in [4.78, 5) is 40.4. The lowest BCUT2D eigenvalue weighted by Gasteiger charge is -2.31. The molecule has 3 aromatic carbocycles. The molecule has 0 atom stereocenters. The van der Waals surface area contributed by atoms with Crippen LogP contribution in [0.5, 0.6) is 11.5 Å². The molecule has 0 saturated heterocycles. The molecule has 50 heavy (non-hydrogen) atoms. The van der Waals surface area contributed by atoms with Crippen LogP contribution in [0, 0.1) is 0 Å². The smallest absolute Gasteiger partial charge is 0.411 e. The highest BCUT2D eigenvalue weighted by molar-refractivity contribution is 6.14. The lowest BCUT2D eigenvalue weighted by atomic mass is 9.91. The maximum atomic E-state index is 14.4. The Balaban J connectivity index is 1.49. The number of nitrogens with zero attached hydrogens (tertiary/aromatic N) is 3. The molecular weight excluding hydrogens is 640 g/mol. The van der Waals surface area contributed by atoms with Crippen molar-refractivity contribution in [1.29, 1.82) is 0 Å². The number of nitrogens with one attached hydrogen (secondary N) is 2. The number of carboxylic acid groups (broad SMARTS) is 1.